The first-order valence-corrected chi connectivity index (χ1v) is 5.86. The van der Waals surface area contributed by atoms with Gasteiger partial charge in [-0.05, 0) is 13.0 Å². The molecular formula is C11H19F3N4. The molecule has 0 saturated heterocycles. The molecule has 0 fully saturated rings. The molecule has 0 radical (unpaired) electrons. The van der Waals surface area contributed by atoms with Crippen LogP contribution in [0, 0.1) is 0 Å². The van der Waals surface area contributed by atoms with Crippen molar-refractivity contribution in [2.45, 2.75) is 25.6 Å². The topological polar surface area (TPSA) is 47.1 Å². The minimum Gasteiger partial charge on any atom is -0.329 e. The van der Waals surface area contributed by atoms with Gasteiger partial charge >= 0.3 is 6.18 Å². The highest BCUT2D eigenvalue weighted by atomic mass is 19.4. The molecule has 18 heavy (non-hydrogen) atoms. The van der Waals surface area contributed by atoms with Crippen LogP contribution < -0.4 is 5.73 Å². The van der Waals surface area contributed by atoms with Gasteiger partial charge in [0.25, 0.3) is 0 Å². The van der Waals surface area contributed by atoms with E-state index in [2.05, 4.69) is 5.10 Å². The maximum atomic E-state index is 12.5. The predicted molar refractivity (Wildman–Crippen MR) is 62.9 cm³/mol. The standard InChI is InChI=1S/C11H19F3N4/c1-3-4-18(8-11(12,13)14)10(5-15)9-6-16-17(2)7-9/h6-7,10H,3-5,8,15H2,1-2H3. The number of rotatable bonds is 6. The molecule has 104 valence electrons. The monoisotopic (exact) mass is 264 g/mol. The summed E-state index contributed by atoms with van der Waals surface area (Å²) in [6.07, 6.45) is -0.301. The molecular weight excluding hydrogens is 245 g/mol. The number of nitrogens with two attached hydrogens (primary N) is 1. The Morgan fingerprint density at radius 1 is 1.50 bits per heavy atom. The number of halogens is 3. The fraction of sp³-hybridized carbons (Fsp3) is 0.727. The molecule has 0 amide bonds. The van der Waals surface area contributed by atoms with Crippen molar-refractivity contribution in [1.29, 1.82) is 0 Å². The Morgan fingerprint density at radius 2 is 2.17 bits per heavy atom. The summed E-state index contributed by atoms with van der Waals surface area (Å²) in [6, 6.07) is -0.444. The Bertz CT molecular complexity index is 361. The van der Waals surface area contributed by atoms with Crippen LogP contribution in [0.25, 0.3) is 0 Å². The van der Waals surface area contributed by atoms with Gasteiger partial charge in [0, 0.05) is 25.4 Å². The third kappa shape index (κ3) is 4.30. The van der Waals surface area contributed by atoms with E-state index in [1.807, 2.05) is 6.92 Å². The summed E-state index contributed by atoms with van der Waals surface area (Å²) in [5.74, 6) is 0. The fourth-order valence-electron chi connectivity index (χ4n) is 1.97. The van der Waals surface area contributed by atoms with Gasteiger partial charge in [-0.3, -0.25) is 9.58 Å². The molecule has 7 heteroatoms. The van der Waals surface area contributed by atoms with E-state index in [-0.39, 0.29) is 6.54 Å². The first-order chi connectivity index (χ1) is 8.37. The van der Waals surface area contributed by atoms with E-state index in [4.69, 9.17) is 5.73 Å². The van der Waals surface area contributed by atoms with Crippen molar-refractivity contribution in [3.8, 4) is 0 Å². The molecule has 4 nitrogen and oxygen atoms in total. The van der Waals surface area contributed by atoms with Gasteiger partial charge in [-0.15, -0.1) is 0 Å². The predicted octanol–water partition coefficient (Wildman–Crippen LogP) is 1.69. The molecule has 0 aliphatic carbocycles. The summed E-state index contributed by atoms with van der Waals surface area (Å²) in [7, 11) is 1.73. The van der Waals surface area contributed by atoms with Crippen molar-refractivity contribution in [2.24, 2.45) is 12.8 Å². The van der Waals surface area contributed by atoms with Gasteiger partial charge in [-0.2, -0.15) is 18.3 Å². The number of hydrogen-bond acceptors (Lipinski definition) is 3. The van der Waals surface area contributed by atoms with Crippen LogP contribution in [0.1, 0.15) is 24.9 Å². The molecule has 1 unspecified atom stereocenters. The molecule has 1 heterocycles. The van der Waals surface area contributed by atoms with E-state index >= 15 is 0 Å². The number of alkyl halides is 3. The average molecular weight is 264 g/mol. The van der Waals surface area contributed by atoms with Gasteiger partial charge in [-0.25, -0.2) is 0 Å². The van der Waals surface area contributed by atoms with Crippen LogP contribution in [-0.2, 0) is 7.05 Å². The lowest BCUT2D eigenvalue weighted by Crippen LogP contribution is -2.40. The zero-order chi connectivity index (χ0) is 13.8. The summed E-state index contributed by atoms with van der Waals surface area (Å²) in [4.78, 5) is 1.36. The van der Waals surface area contributed by atoms with Gasteiger partial charge in [0.1, 0.15) is 0 Å². The van der Waals surface area contributed by atoms with E-state index in [0.717, 1.165) is 5.56 Å². The highest BCUT2D eigenvalue weighted by molar-refractivity contribution is 5.11. The second-order valence-electron chi connectivity index (χ2n) is 4.28. The van der Waals surface area contributed by atoms with Crippen LogP contribution >= 0.6 is 0 Å². The van der Waals surface area contributed by atoms with Gasteiger partial charge < -0.3 is 5.73 Å². The summed E-state index contributed by atoms with van der Waals surface area (Å²) in [5, 5.41) is 3.98. The Labute approximate surface area is 105 Å². The lowest BCUT2D eigenvalue weighted by Gasteiger charge is -2.30. The Morgan fingerprint density at radius 3 is 2.56 bits per heavy atom. The zero-order valence-electron chi connectivity index (χ0n) is 10.6. The molecule has 1 aromatic rings. The van der Waals surface area contributed by atoms with Gasteiger partial charge in [-0.1, -0.05) is 6.92 Å². The molecule has 0 bridgehead atoms. The largest absolute Gasteiger partial charge is 0.401 e. The minimum atomic E-state index is -4.22. The summed E-state index contributed by atoms with van der Waals surface area (Å²) < 4.78 is 39.2. The van der Waals surface area contributed by atoms with Gasteiger partial charge in [0.15, 0.2) is 0 Å². The number of nitrogens with zero attached hydrogens (tertiary/aromatic N) is 3. The quantitative estimate of drug-likeness (QED) is 0.850. The van der Waals surface area contributed by atoms with Crippen molar-refractivity contribution in [3.63, 3.8) is 0 Å². The number of aromatic nitrogens is 2. The molecule has 2 N–H and O–H groups in total. The third-order valence-electron chi connectivity index (χ3n) is 2.67. The van der Waals surface area contributed by atoms with Crippen LogP contribution in [0.4, 0.5) is 13.2 Å². The van der Waals surface area contributed by atoms with Crippen LogP contribution in [0.15, 0.2) is 12.4 Å². The average Bonchev–Trinajstić information content (AvgIpc) is 2.64. The Hall–Kier alpha value is -1.08. The lowest BCUT2D eigenvalue weighted by molar-refractivity contribution is -0.150. The first kappa shape index (κ1) is 15.0. The SMILES string of the molecule is CCCN(CC(F)(F)F)C(CN)c1cnn(C)c1. The van der Waals surface area contributed by atoms with E-state index in [1.54, 1.807) is 24.1 Å². The van der Waals surface area contributed by atoms with Crippen molar-refractivity contribution in [1.82, 2.24) is 14.7 Å². The molecule has 0 aliphatic rings. The highest BCUT2D eigenvalue weighted by Crippen LogP contribution is 2.25. The summed E-state index contributed by atoms with van der Waals surface area (Å²) in [6.45, 7) is 1.40. The fourth-order valence-corrected chi connectivity index (χ4v) is 1.97. The number of aryl methyl sites for hydroxylation is 1. The maximum absolute atomic E-state index is 12.5. The van der Waals surface area contributed by atoms with E-state index in [0.29, 0.717) is 13.0 Å². The summed E-state index contributed by atoms with van der Waals surface area (Å²) >= 11 is 0. The van der Waals surface area contributed by atoms with Crippen LogP contribution in [-0.4, -0.2) is 40.5 Å². The molecule has 0 saturated carbocycles. The van der Waals surface area contributed by atoms with Gasteiger partial charge in [0.2, 0.25) is 0 Å². The van der Waals surface area contributed by atoms with Crippen molar-refractivity contribution >= 4 is 0 Å². The van der Waals surface area contributed by atoms with Crippen LogP contribution in [0.5, 0.6) is 0 Å². The van der Waals surface area contributed by atoms with Crippen molar-refractivity contribution in [2.75, 3.05) is 19.6 Å². The lowest BCUT2D eigenvalue weighted by atomic mass is 10.1. The first-order valence-electron chi connectivity index (χ1n) is 5.86. The van der Waals surface area contributed by atoms with Crippen LogP contribution in [0.2, 0.25) is 0 Å². The Kier molecular flexibility index (Phi) is 5.15. The van der Waals surface area contributed by atoms with Crippen LogP contribution in [0.3, 0.4) is 0 Å². The molecule has 0 aliphatic heterocycles. The van der Waals surface area contributed by atoms with E-state index in [9.17, 15) is 13.2 Å². The minimum absolute atomic E-state index is 0.141. The van der Waals surface area contributed by atoms with E-state index < -0.39 is 18.8 Å². The van der Waals surface area contributed by atoms with Crippen molar-refractivity contribution in [3.05, 3.63) is 18.0 Å². The summed E-state index contributed by atoms with van der Waals surface area (Å²) in [5.41, 5.74) is 6.34. The highest BCUT2D eigenvalue weighted by Gasteiger charge is 2.33. The maximum Gasteiger partial charge on any atom is 0.401 e. The molecule has 1 rings (SSSR count). The normalized spacial score (nSPS) is 14.2. The third-order valence-corrected chi connectivity index (χ3v) is 2.67. The Balaban J connectivity index is 2.86. The number of hydrogen-bond donors (Lipinski definition) is 1. The second kappa shape index (κ2) is 6.19. The van der Waals surface area contributed by atoms with E-state index in [1.165, 1.54) is 4.90 Å². The molecule has 1 atom stereocenters. The smallest absolute Gasteiger partial charge is 0.329 e. The second-order valence-corrected chi connectivity index (χ2v) is 4.28. The zero-order valence-corrected chi connectivity index (χ0v) is 10.6. The molecule has 0 aromatic carbocycles. The van der Waals surface area contributed by atoms with Crippen molar-refractivity contribution < 1.29 is 13.2 Å². The molecule has 1 aromatic heterocycles. The molecule has 0 spiro atoms. The van der Waals surface area contributed by atoms with Gasteiger partial charge in [0.05, 0.1) is 18.8 Å².